The largest absolute Gasteiger partial charge is 0.497 e. The molecule has 0 unspecified atom stereocenters. The second kappa shape index (κ2) is 9.60. The molecule has 146 valence electrons. The maximum atomic E-state index is 5.71. The zero-order valence-electron chi connectivity index (χ0n) is 16.5. The number of hydrogen-bond donors (Lipinski definition) is 2. The topological polar surface area (TPSA) is 68.3 Å². The molecular weight excluding hydrogens is 352 g/mol. The van der Waals surface area contributed by atoms with Crippen LogP contribution in [0.2, 0.25) is 0 Å². The third kappa shape index (κ3) is 5.87. The molecule has 0 saturated carbocycles. The van der Waals surface area contributed by atoms with Gasteiger partial charge in [-0.05, 0) is 43.7 Å². The number of hydrogen-bond acceptors (Lipinski definition) is 6. The molecule has 1 aromatic heterocycles. The maximum Gasteiger partial charge on any atom is 0.224 e. The summed E-state index contributed by atoms with van der Waals surface area (Å²) in [7, 11) is 1.64. The number of aryl methyl sites for hydroxylation is 2. The first-order valence-corrected chi connectivity index (χ1v) is 9.28. The third-order valence-corrected chi connectivity index (χ3v) is 4.16. The minimum Gasteiger partial charge on any atom is -0.497 e. The van der Waals surface area contributed by atoms with Crippen LogP contribution in [0.15, 0.2) is 54.6 Å². The second-order valence-electron chi connectivity index (χ2n) is 6.51. The summed E-state index contributed by atoms with van der Waals surface area (Å²) in [5, 5.41) is 6.57. The summed E-state index contributed by atoms with van der Waals surface area (Å²) in [6, 6.07) is 17.9. The van der Waals surface area contributed by atoms with Crippen LogP contribution in [0.3, 0.4) is 0 Å². The van der Waals surface area contributed by atoms with Crippen LogP contribution in [0.1, 0.15) is 16.8 Å². The lowest BCUT2D eigenvalue weighted by Crippen LogP contribution is -2.14. The molecular formula is C22H26N4O2. The Morgan fingerprint density at radius 3 is 2.29 bits per heavy atom. The van der Waals surface area contributed by atoms with Gasteiger partial charge in [0.15, 0.2) is 0 Å². The van der Waals surface area contributed by atoms with E-state index in [0.717, 1.165) is 29.6 Å². The van der Waals surface area contributed by atoms with Crippen LogP contribution in [-0.2, 0) is 6.54 Å². The van der Waals surface area contributed by atoms with Crippen molar-refractivity contribution in [3.63, 3.8) is 0 Å². The van der Waals surface area contributed by atoms with E-state index in [1.165, 1.54) is 11.1 Å². The monoisotopic (exact) mass is 378 g/mol. The molecule has 0 aliphatic rings. The number of methoxy groups -OCH3 is 1. The summed E-state index contributed by atoms with van der Waals surface area (Å²) >= 11 is 0. The van der Waals surface area contributed by atoms with E-state index in [1.807, 2.05) is 37.3 Å². The molecule has 0 aliphatic carbocycles. The average Bonchev–Trinajstić information content (AvgIpc) is 2.71. The number of nitrogens with zero attached hydrogens (tertiary/aromatic N) is 2. The first-order valence-electron chi connectivity index (χ1n) is 9.28. The number of anilines is 2. The molecule has 0 amide bonds. The van der Waals surface area contributed by atoms with Gasteiger partial charge in [0, 0.05) is 18.3 Å². The number of aromatic nitrogens is 2. The minimum atomic E-state index is 0.510. The van der Waals surface area contributed by atoms with Crippen molar-refractivity contribution < 1.29 is 9.47 Å². The summed E-state index contributed by atoms with van der Waals surface area (Å²) in [6.45, 7) is 5.87. The van der Waals surface area contributed by atoms with Gasteiger partial charge in [-0.1, -0.05) is 29.8 Å². The van der Waals surface area contributed by atoms with Gasteiger partial charge in [0.25, 0.3) is 0 Å². The fourth-order valence-electron chi connectivity index (χ4n) is 2.64. The van der Waals surface area contributed by atoms with Crippen molar-refractivity contribution in [1.29, 1.82) is 0 Å². The average molecular weight is 378 g/mol. The molecule has 0 atom stereocenters. The minimum absolute atomic E-state index is 0.510. The van der Waals surface area contributed by atoms with E-state index in [9.17, 15) is 0 Å². The van der Waals surface area contributed by atoms with Gasteiger partial charge in [-0.25, -0.2) is 4.98 Å². The Balaban J connectivity index is 1.48. The molecule has 0 spiro atoms. The van der Waals surface area contributed by atoms with E-state index < -0.39 is 0 Å². The Hall–Kier alpha value is -3.28. The lowest BCUT2D eigenvalue weighted by molar-refractivity contribution is 0.331. The van der Waals surface area contributed by atoms with Crippen molar-refractivity contribution in [3.05, 3.63) is 71.4 Å². The molecule has 0 aliphatic heterocycles. The van der Waals surface area contributed by atoms with Crippen LogP contribution in [0.4, 0.5) is 11.8 Å². The summed E-state index contributed by atoms with van der Waals surface area (Å²) in [6.07, 6.45) is 0. The van der Waals surface area contributed by atoms with Gasteiger partial charge in [-0.15, -0.1) is 0 Å². The van der Waals surface area contributed by atoms with Crippen LogP contribution in [-0.4, -0.2) is 30.2 Å². The van der Waals surface area contributed by atoms with E-state index in [2.05, 4.69) is 51.8 Å². The molecule has 3 aromatic rings. The molecule has 0 saturated heterocycles. The zero-order valence-corrected chi connectivity index (χ0v) is 16.5. The molecule has 1 heterocycles. The lowest BCUT2D eigenvalue weighted by atomic mass is 10.1. The van der Waals surface area contributed by atoms with Crippen molar-refractivity contribution in [2.45, 2.75) is 20.4 Å². The number of ether oxygens (including phenoxy) is 2. The fourth-order valence-corrected chi connectivity index (χ4v) is 2.64. The highest BCUT2D eigenvalue weighted by atomic mass is 16.5. The standard InChI is InChI=1S/C22H26N4O2/c1-16-4-6-18(7-5-16)15-24-21-14-17(2)25-22(26-21)23-12-13-28-20-10-8-19(27-3)9-11-20/h4-11,14H,12-13,15H2,1-3H3,(H2,23,24,25,26). The van der Waals surface area contributed by atoms with Crippen LogP contribution in [0, 0.1) is 13.8 Å². The van der Waals surface area contributed by atoms with Crippen LogP contribution in [0.25, 0.3) is 0 Å². The molecule has 3 rings (SSSR count). The smallest absolute Gasteiger partial charge is 0.224 e. The Kier molecular flexibility index (Phi) is 6.68. The van der Waals surface area contributed by atoms with E-state index in [-0.39, 0.29) is 0 Å². The Morgan fingerprint density at radius 2 is 1.57 bits per heavy atom. The molecule has 0 bridgehead atoms. The van der Waals surface area contributed by atoms with E-state index >= 15 is 0 Å². The third-order valence-electron chi connectivity index (χ3n) is 4.16. The predicted molar refractivity (Wildman–Crippen MR) is 112 cm³/mol. The SMILES string of the molecule is COc1ccc(OCCNc2nc(C)cc(NCc3ccc(C)cc3)n2)cc1. The highest BCUT2D eigenvalue weighted by Gasteiger charge is 2.03. The molecule has 0 radical (unpaired) electrons. The van der Waals surface area contributed by atoms with Gasteiger partial charge in [0.05, 0.1) is 13.7 Å². The van der Waals surface area contributed by atoms with Crippen molar-refractivity contribution in [3.8, 4) is 11.5 Å². The van der Waals surface area contributed by atoms with Gasteiger partial charge < -0.3 is 20.1 Å². The van der Waals surface area contributed by atoms with E-state index in [4.69, 9.17) is 9.47 Å². The molecule has 0 fully saturated rings. The Labute approximate surface area is 166 Å². The molecule has 6 heteroatoms. The number of nitrogens with one attached hydrogen (secondary N) is 2. The van der Waals surface area contributed by atoms with Gasteiger partial charge in [0.2, 0.25) is 5.95 Å². The highest BCUT2D eigenvalue weighted by Crippen LogP contribution is 2.17. The van der Waals surface area contributed by atoms with Crippen LogP contribution >= 0.6 is 0 Å². The zero-order chi connectivity index (χ0) is 19.8. The van der Waals surface area contributed by atoms with Crippen molar-refractivity contribution in [1.82, 2.24) is 9.97 Å². The summed E-state index contributed by atoms with van der Waals surface area (Å²) in [5.41, 5.74) is 3.37. The summed E-state index contributed by atoms with van der Waals surface area (Å²) in [5.74, 6) is 2.99. The Morgan fingerprint density at radius 1 is 0.857 bits per heavy atom. The highest BCUT2D eigenvalue weighted by molar-refractivity contribution is 5.43. The van der Waals surface area contributed by atoms with Crippen LogP contribution in [0.5, 0.6) is 11.5 Å². The van der Waals surface area contributed by atoms with Gasteiger partial charge in [-0.3, -0.25) is 0 Å². The number of rotatable bonds is 9. The molecule has 2 N–H and O–H groups in total. The van der Waals surface area contributed by atoms with Gasteiger partial charge in [0.1, 0.15) is 23.9 Å². The molecule has 2 aromatic carbocycles. The van der Waals surface area contributed by atoms with Gasteiger partial charge in [-0.2, -0.15) is 4.98 Å². The van der Waals surface area contributed by atoms with Crippen molar-refractivity contribution in [2.24, 2.45) is 0 Å². The maximum absolute atomic E-state index is 5.71. The van der Waals surface area contributed by atoms with E-state index in [0.29, 0.717) is 19.1 Å². The van der Waals surface area contributed by atoms with Crippen LogP contribution < -0.4 is 20.1 Å². The van der Waals surface area contributed by atoms with Gasteiger partial charge >= 0.3 is 0 Å². The summed E-state index contributed by atoms with van der Waals surface area (Å²) < 4.78 is 10.9. The molecule has 28 heavy (non-hydrogen) atoms. The second-order valence-corrected chi connectivity index (χ2v) is 6.51. The summed E-state index contributed by atoms with van der Waals surface area (Å²) in [4.78, 5) is 8.96. The quantitative estimate of drug-likeness (QED) is 0.544. The lowest BCUT2D eigenvalue weighted by Gasteiger charge is -2.11. The van der Waals surface area contributed by atoms with E-state index in [1.54, 1.807) is 7.11 Å². The van der Waals surface area contributed by atoms with Crippen molar-refractivity contribution >= 4 is 11.8 Å². The van der Waals surface area contributed by atoms with Crippen molar-refractivity contribution in [2.75, 3.05) is 30.9 Å². The fraction of sp³-hybridized carbons (Fsp3) is 0.273. The first-order chi connectivity index (χ1) is 13.6. The molecule has 6 nitrogen and oxygen atoms in total. The number of benzene rings is 2. The normalized spacial score (nSPS) is 10.4. The predicted octanol–water partition coefficient (Wildman–Crippen LogP) is 4.21. The first kappa shape index (κ1) is 19.5. The Bertz CT molecular complexity index is 880.